The molecule has 0 radical (unpaired) electrons. The number of amides is 1. The second-order valence-electron chi connectivity index (χ2n) is 4.39. The van der Waals surface area contributed by atoms with Gasteiger partial charge in [0.2, 0.25) is 0 Å². The van der Waals surface area contributed by atoms with E-state index in [4.69, 9.17) is 11.6 Å². The van der Waals surface area contributed by atoms with E-state index in [1.165, 1.54) is 0 Å². The van der Waals surface area contributed by atoms with Crippen LogP contribution in [0.4, 0.5) is 11.5 Å². The summed E-state index contributed by atoms with van der Waals surface area (Å²) in [6.45, 7) is 6.07. The van der Waals surface area contributed by atoms with Crippen LogP contribution >= 0.6 is 11.6 Å². The molecule has 0 saturated heterocycles. The van der Waals surface area contributed by atoms with Gasteiger partial charge in [-0.1, -0.05) is 23.7 Å². The molecule has 0 spiro atoms. The second-order valence-corrected chi connectivity index (χ2v) is 4.82. The average Bonchev–Trinajstić information content (AvgIpc) is 2.49. The van der Waals surface area contributed by atoms with Crippen LogP contribution in [-0.4, -0.2) is 22.6 Å². The predicted octanol–water partition coefficient (Wildman–Crippen LogP) is 3.29. The molecule has 1 aromatic carbocycles. The van der Waals surface area contributed by atoms with Crippen molar-refractivity contribution in [2.45, 2.75) is 6.92 Å². The number of halogens is 1. The monoisotopic (exact) mass is 302 g/mol. The molecule has 5 nitrogen and oxygen atoms in total. The van der Waals surface area contributed by atoms with Crippen LogP contribution in [0, 0.1) is 6.92 Å². The number of nitrogens with one attached hydrogen (secondary N) is 2. The quantitative estimate of drug-likeness (QED) is 0.832. The van der Waals surface area contributed by atoms with Crippen LogP contribution in [0.3, 0.4) is 0 Å². The minimum atomic E-state index is -0.330. The Morgan fingerprint density at radius 3 is 2.81 bits per heavy atom. The van der Waals surface area contributed by atoms with Gasteiger partial charge in [0.15, 0.2) is 5.69 Å². The summed E-state index contributed by atoms with van der Waals surface area (Å²) in [6.07, 6.45) is 1.71. The fraction of sp³-hybridized carbons (Fsp3) is 0.133. The van der Waals surface area contributed by atoms with Gasteiger partial charge in [0.05, 0.1) is 0 Å². The molecule has 0 aliphatic rings. The van der Waals surface area contributed by atoms with Crippen LogP contribution in [0.25, 0.3) is 0 Å². The molecule has 1 heterocycles. The molecule has 108 valence electrons. The molecular formula is C15H15ClN4O. The summed E-state index contributed by atoms with van der Waals surface area (Å²) in [4.78, 5) is 12.1. The summed E-state index contributed by atoms with van der Waals surface area (Å²) in [5, 5.41) is 14.1. The van der Waals surface area contributed by atoms with Gasteiger partial charge in [-0.25, -0.2) is 0 Å². The predicted molar refractivity (Wildman–Crippen MR) is 84.9 cm³/mol. The maximum absolute atomic E-state index is 12.1. The zero-order valence-corrected chi connectivity index (χ0v) is 12.3. The highest BCUT2D eigenvalue weighted by Crippen LogP contribution is 2.20. The fourth-order valence-electron chi connectivity index (χ4n) is 1.64. The van der Waals surface area contributed by atoms with E-state index in [9.17, 15) is 4.79 Å². The molecule has 2 rings (SSSR count). The van der Waals surface area contributed by atoms with Crippen LogP contribution in [0.1, 0.15) is 16.1 Å². The number of hydrogen-bond donors (Lipinski definition) is 2. The highest BCUT2D eigenvalue weighted by atomic mass is 35.5. The molecule has 2 N–H and O–H groups in total. The first-order valence-corrected chi connectivity index (χ1v) is 6.74. The molecule has 0 aliphatic heterocycles. The van der Waals surface area contributed by atoms with Gasteiger partial charge < -0.3 is 10.6 Å². The van der Waals surface area contributed by atoms with Crippen molar-refractivity contribution in [3.63, 3.8) is 0 Å². The Hall–Kier alpha value is -2.40. The van der Waals surface area contributed by atoms with Crippen LogP contribution in [0.2, 0.25) is 5.02 Å². The van der Waals surface area contributed by atoms with Crippen molar-refractivity contribution >= 4 is 29.0 Å². The van der Waals surface area contributed by atoms with Gasteiger partial charge >= 0.3 is 0 Å². The first-order valence-electron chi connectivity index (χ1n) is 6.36. The second kappa shape index (κ2) is 6.85. The largest absolute Gasteiger partial charge is 0.365 e. The summed E-state index contributed by atoms with van der Waals surface area (Å²) >= 11 is 5.92. The van der Waals surface area contributed by atoms with E-state index in [1.807, 2.05) is 13.0 Å². The molecule has 0 unspecified atom stereocenters. The molecule has 1 aromatic heterocycles. The van der Waals surface area contributed by atoms with E-state index in [0.717, 1.165) is 5.56 Å². The van der Waals surface area contributed by atoms with Crippen LogP contribution < -0.4 is 10.6 Å². The number of rotatable bonds is 5. The highest BCUT2D eigenvalue weighted by molar-refractivity contribution is 6.31. The standard InChI is InChI=1S/C15H15ClN4O/c1-3-8-17-14-7-6-12(19-20-14)15(21)18-13-9-11(16)5-4-10(13)2/h3-7,9H,1,8H2,2H3,(H,17,20)(H,18,21). The lowest BCUT2D eigenvalue weighted by Gasteiger charge is -2.08. The lowest BCUT2D eigenvalue weighted by Crippen LogP contribution is -2.15. The topological polar surface area (TPSA) is 66.9 Å². The molecule has 0 fully saturated rings. The fourth-order valence-corrected chi connectivity index (χ4v) is 1.81. The Bertz CT molecular complexity index is 655. The van der Waals surface area contributed by atoms with Crippen molar-refractivity contribution < 1.29 is 4.79 Å². The minimum Gasteiger partial charge on any atom is -0.365 e. The van der Waals surface area contributed by atoms with Gasteiger partial charge in [0, 0.05) is 17.3 Å². The zero-order valence-electron chi connectivity index (χ0n) is 11.6. The van der Waals surface area contributed by atoms with Gasteiger partial charge in [-0.15, -0.1) is 16.8 Å². The lowest BCUT2D eigenvalue weighted by molar-refractivity contribution is 0.102. The van der Waals surface area contributed by atoms with Gasteiger partial charge in [-0.3, -0.25) is 4.79 Å². The Balaban J connectivity index is 2.09. The molecular weight excluding hydrogens is 288 g/mol. The normalized spacial score (nSPS) is 10.0. The van der Waals surface area contributed by atoms with Gasteiger partial charge in [0.25, 0.3) is 5.91 Å². The maximum atomic E-state index is 12.1. The highest BCUT2D eigenvalue weighted by Gasteiger charge is 2.10. The van der Waals surface area contributed by atoms with E-state index < -0.39 is 0 Å². The summed E-state index contributed by atoms with van der Waals surface area (Å²) in [7, 11) is 0. The number of benzene rings is 1. The first kappa shape index (κ1) is 15.0. The number of hydrogen-bond acceptors (Lipinski definition) is 4. The molecule has 6 heteroatoms. The van der Waals surface area contributed by atoms with Gasteiger partial charge in [-0.05, 0) is 36.8 Å². The number of nitrogens with zero attached hydrogens (tertiary/aromatic N) is 2. The summed E-state index contributed by atoms with van der Waals surface area (Å²) in [5.41, 5.74) is 1.81. The molecule has 0 bridgehead atoms. The third kappa shape index (κ3) is 4.03. The van der Waals surface area contributed by atoms with Crippen molar-refractivity contribution in [1.29, 1.82) is 0 Å². The SMILES string of the molecule is C=CCNc1ccc(C(=O)Nc2cc(Cl)ccc2C)nn1. The molecule has 0 atom stereocenters. The molecule has 21 heavy (non-hydrogen) atoms. The summed E-state index contributed by atoms with van der Waals surface area (Å²) in [5.74, 6) is 0.258. The first-order chi connectivity index (χ1) is 10.1. The van der Waals surface area contributed by atoms with Gasteiger partial charge in [0.1, 0.15) is 5.82 Å². The molecule has 0 aliphatic carbocycles. The summed E-state index contributed by atoms with van der Waals surface area (Å²) < 4.78 is 0. The average molecular weight is 303 g/mol. The third-order valence-electron chi connectivity index (χ3n) is 2.77. The number of aryl methyl sites for hydroxylation is 1. The van der Waals surface area contributed by atoms with Crippen molar-refractivity contribution in [2.24, 2.45) is 0 Å². The molecule has 0 saturated carbocycles. The number of carbonyl (C=O) groups is 1. The Morgan fingerprint density at radius 1 is 1.33 bits per heavy atom. The van der Waals surface area contributed by atoms with E-state index in [0.29, 0.717) is 23.1 Å². The van der Waals surface area contributed by atoms with Crippen LogP contribution in [0.5, 0.6) is 0 Å². The number of anilines is 2. The van der Waals surface area contributed by atoms with E-state index in [1.54, 1.807) is 30.3 Å². The zero-order chi connectivity index (χ0) is 15.2. The maximum Gasteiger partial charge on any atom is 0.276 e. The van der Waals surface area contributed by atoms with Crippen molar-refractivity contribution in [3.05, 3.63) is 59.3 Å². The van der Waals surface area contributed by atoms with E-state index in [-0.39, 0.29) is 11.6 Å². The van der Waals surface area contributed by atoms with E-state index >= 15 is 0 Å². The van der Waals surface area contributed by atoms with Crippen molar-refractivity contribution in [2.75, 3.05) is 17.2 Å². The summed E-state index contributed by atoms with van der Waals surface area (Å²) in [6, 6.07) is 8.60. The van der Waals surface area contributed by atoms with E-state index in [2.05, 4.69) is 27.4 Å². The Labute approximate surface area is 128 Å². The van der Waals surface area contributed by atoms with Crippen LogP contribution in [-0.2, 0) is 0 Å². The van der Waals surface area contributed by atoms with Crippen molar-refractivity contribution in [1.82, 2.24) is 10.2 Å². The number of aromatic nitrogens is 2. The van der Waals surface area contributed by atoms with Crippen molar-refractivity contribution in [3.8, 4) is 0 Å². The minimum absolute atomic E-state index is 0.235. The molecule has 2 aromatic rings. The third-order valence-corrected chi connectivity index (χ3v) is 3.01. The number of carbonyl (C=O) groups excluding carboxylic acids is 1. The Kier molecular flexibility index (Phi) is 4.90. The Morgan fingerprint density at radius 2 is 2.14 bits per heavy atom. The van der Waals surface area contributed by atoms with Gasteiger partial charge in [-0.2, -0.15) is 0 Å². The van der Waals surface area contributed by atoms with Crippen LogP contribution in [0.15, 0.2) is 43.0 Å². The molecule has 1 amide bonds. The lowest BCUT2D eigenvalue weighted by atomic mass is 10.2. The smallest absolute Gasteiger partial charge is 0.276 e.